The lowest BCUT2D eigenvalue weighted by molar-refractivity contribution is 0.621. The minimum atomic E-state index is -0.232. The van der Waals surface area contributed by atoms with Gasteiger partial charge < -0.3 is 0 Å². The molecule has 0 amide bonds. The molecule has 3 aromatic rings. The van der Waals surface area contributed by atoms with Crippen LogP contribution in [0.3, 0.4) is 0 Å². The molecule has 0 bridgehead atoms. The first-order chi connectivity index (χ1) is 15.3. The summed E-state index contributed by atoms with van der Waals surface area (Å²) in [6, 6.07) is 24.9. The molecule has 1 unspecified atom stereocenters. The van der Waals surface area contributed by atoms with Crippen molar-refractivity contribution in [1.82, 2.24) is 0 Å². The van der Waals surface area contributed by atoms with Gasteiger partial charge in [-0.05, 0) is 69.7 Å². The molecule has 148 valence electrons. The number of allylic oxidation sites excluding steroid dienone is 8. The van der Waals surface area contributed by atoms with E-state index in [9.17, 15) is 0 Å². The minimum absolute atomic E-state index is 0.232. The van der Waals surface area contributed by atoms with E-state index < -0.39 is 0 Å². The molecule has 0 saturated carbocycles. The summed E-state index contributed by atoms with van der Waals surface area (Å²) in [7, 11) is 0. The quantitative estimate of drug-likeness (QED) is 0.314. The second-order valence-corrected chi connectivity index (χ2v) is 10.6. The SMILES string of the molecule is Brc1ccc2c(c1)C1(C3=C2C=C2C=CC=CC2C3)c2ccccc2Sc2ccccc21. The van der Waals surface area contributed by atoms with Crippen molar-refractivity contribution < 1.29 is 0 Å². The molecule has 1 spiro atoms. The van der Waals surface area contributed by atoms with Crippen molar-refractivity contribution in [3.8, 4) is 0 Å². The van der Waals surface area contributed by atoms with E-state index in [4.69, 9.17) is 0 Å². The number of hydrogen-bond acceptors (Lipinski definition) is 1. The third-order valence-electron chi connectivity index (χ3n) is 7.16. The van der Waals surface area contributed by atoms with Crippen LogP contribution in [0.25, 0.3) is 5.57 Å². The fraction of sp³-hybridized carbons (Fsp3) is 0.103. The molecule has 4 aliphatic rings. The van der Waals surface area contributed by atoms with Crippen LogP contribution in [0.1, 0.15) is 28.7 Å². The average Bonchev–Trinajstić information content (AvgIpc) is 3.07. The summed E-state index contributed by atoms with van der Waals surface area (Å²) in [5.74, 6) is 0.451. The monoisotopic (exact) mass is 478 g/mol. The molecule has 3 aromatic carbocycles. The Labute approximate surface area is 195 Å². The van der Waals surface area contributed by atoms with Crippen molar-refractivity contribution >= 4 is 33.3 Å². The maximum Gasteiger partial charge on any atom is 0.0699 e. The Morgan fingerprint density at radius 1 is 0.839 bits per heavy atom. The Hall–Kier alpha value is -2.55. The minimum Gasteiger partial charge on any atom is -0.0894 e. The summed E-state index contributed by atoms with van der Waals surface area (Å²) in [6.45, 7) is 0. The maximum absolute atomic E-state index is 3.79. The van der Waals surface area contributed by atoms with E-state index in [1.54, 1.807) is 5.57 Å². The van der Waals surface area contributed by atoms with Crippen molar-refractivity contribution in [2.45, 2.75) is 21.6 Å². The van der Waals surface area contributed by atoms with Gasteiger partial charge in [-0.1, -0.05) is 101 Å². The van der Waals surface area contributed by atoms with Gasteiger partial charge in [0.1, 0.15) is 0 Å². The summed E-state index contributed by atoms with van der Waals surface area (Å²) in [5.41, 5.74) is 9.81. The average molecular weight is 479 g/mol. The molecule has 0 radical (unpaired) electrons. The molecule has 7 rings (SSSR count). The van der Waals surface area contributed by atoms with Gasteiger partial charge in [0, 0.05) is 20.2 Å². The fourth-order valence-electron chi connectivity index (χ4n) is 5.95. The van der Waals surface area contributed by atoms with Crippen LogP contribution >= 0.6 is 27.7 Å². The van der Waals surface area contributed by atoms with Crippen molar-refractivity contribution in [3.63, 3.8) is 0 Å². The Morgan fingerprint density at radius 3 is 2.35 bits per heavy atom. The molecular formula is C29H19BrS. The Morgan fingerprint density at radius 2 is 1.58 bits per heavy atom. The van der Waals surface area contributed by atoms with Crippen LogP contribution < -0.4 is 0 Å². The van der Waals surface area contributed by atoms with Gasteiger partial charge in [-0.25, -0.2) is 0 Å². The zero-order valence-corrected chi connectivity index (χ0v) is 19.2. The van der Waals surface area contributed by atoms with Crippen LogP contribution in [-0.2, 0) is 5.41 Å². The second-order valence-electron chi connectivity index (χ2n) is 8.63. The smallest absolute Gasteiger partial charge is 0.0699 e. The molecule has 0 saturated heterocycles. The fourth-order valence-corrected chi connectivity index (χ4v) is 7.51. The maximum atomic E-state index is 3.79. The largest absolute Gasteiger partial charge is 0.0894 e. The number of halogens is 1. The lowest BCUT2D eigenvalue weighted by atomic mass is 9.63. The molecule has 3 aliphatic carbocycles. The highest BCUT2D eigenvalue weighted by molar-refractivity contribution is 9.10. The third-order valence-corrected chi connectivity index (χ3v) is 8.81. The summed E-state index contributed by atoms with van der Waals surface area (Å²) in [6.07, 6.45) is 12.5. The first kappa shape index (κ1) is 18.1. The normalized spacial score (nSPS) is 21.2. The number of benzene rings is 3. The van der Waals surface area contributed by atoms with Gasteiger partial charge in [-0.15, -0.1) is 0 Å². The second kappa shape index (κ2) is 6.48. The molecule has 1 heterocycles. The van der Waals surface area contributed by atoms with Gasteiger partial charge in [0.15, 0.2) is 0 Å². The molecule has 0 N–H and O–H groups in total. The standard InChI is InChI=1S/C29H19BrS/c30-20-13-14-21-22-15-18-7-1-2-8-19(18)16-25(22)29(26(21)17-20)23-9-3-5-11-27(23)31-28-12-6-4-10-24(28)29/h1-15,17,19H,16H2. The Bertz CT molecular complexity index is 1360. The van der Waals surface area contributed by atoms with Crippen LogP contribution in [0, 0.1) is 5.92 Å². The molecule has 1 aliphatic heterocycles. The molecule has 0 nitrogen and oxygen atoms in total. The first-order valence-electron chi connectivity index (χ1n) is 10.7. The summed E-state index contributed by atoms with van der Waals surface area (Å²) in [4.78, 5) is 2.74. The van der Waals surface area contributed by atoms with Gasteiger partial charge in [0.2, 0.25) is 0 Å². The zero-order chi connectivity index (χ0) is 20.6. The van der Waals surface area contributed by atoms with E-state index in [-0.39, 0.29) is 5.41 Å². The van der Waals surface area contributed by atoms with E-state index in [2.05, 4.69) is 113 Å². The number of fused-ring (bicyclic) bond motifs is 9. The van der Waals surface area contributed by atoms with Gasteiger partial charge >= 0.3 is 0 Å². The molecule has 1 atom stereocenters. The lowest BCUT2D eigenvalue weighted by Crippen LogP contribution is -2.34. The van der Waals surface area contributed by atoms with Gasteiger partial charge in [-0.3, -0.25) is 0 Å². The van der Waals surface area contributed by atoms with Crippen molar-refractivity contribution in [1.29, 1.82) is 0 Å². The van der Waals surface area contributed by atoms with Crippen LogP contribution in [0.5, 0.6) is 0 Å². The van der Waals surface area contributed by atoms with Crippen LogP contribution in [-0.4, -0.2) is 0 Å². The van der Waals surface area contributed by atoms with Crippen LogP contribution in [0.15, 0.2) is 123 Å². The molecule has 0 aromatic heterocycles. The lowest BCUT2D eigenvalue weighted by Gasteiger charge is -2.42. The molecular weight excluding hydrogens is 460 g/mol. The zero-order valence-electron chi connectivity index (χ0n) is 16.8. The van der Waals surface area contributed by atoms with Crippen LogP contribution in [0.2, 0.25) is 0 Å². The van der Waals surface area contributed by atoms with Gasteiger partial charge in [0.05, 0.1) is 5.41 Å². The van der Waals surface area contributed by atoms with E-state index >= 15 is 0 Å². The van der Waals surface area contributed by atoms with Crippen LogP contribution in [0.4, 0.5) is 0 Å². The van der Waals surface area contributed by atoms with E-state index in [0.717, 1.165) is 10.9 Å². The molecule has 0 fully saturated rings. The van der Waals surface area contributed by atoms with E-state index in [1.165, 1.54) is 43.2 Å². The first-order valence-corrected chi connectivity index (χ1v) is 12.3. The number of rotatable bonds is 0. The predicted octanol–water partition coefficient (Wildman–Crippen LogP) is 8.09. The van der Waals surface area contributed by atoms with Crippen molar-refractivity contribution in [3.05, 3.63) is 135 Å². The van der Waals surface area contributed by atoms with Gasteiger partial charge in [-0.2, -0.15) is 0 Å². The van der Waals surface area contributed by atoms with Gasteiger partial charge in [0.25, 0.3) is 0 Å². The number of hydrogen-bond donors (Lipinski definition) is 0. The highest BCUT2D eigenvalue weighted by Gasteiger charge is 2.52. The summed E-state index contributed by atoms with van der Waals surface area (Å²) in [5, 5.41) is 0. The predicted molar refractivity (Wildman–Crippen MR) is 132 cm³/mol. The van der Waals surface area contributed by atoms with Crippen molar-refractivity contribution in [2.24, 2.45) is 5.92 Å². The summed E-state index contributed by atoms with van der Waals surface area (Å²) < 4.78 is 1.14. The highest BCUT2D eigenvalue weighted by Crippen LogP contribution is 2.64. The Kier molecular flexibility index (Phi) is 3.77. The highest BCUT2D eigenvalue weighted by atomic mass is 79.9. The van der Waals surface area contributed by atoms with Crippen molar-refractivity contribution in [2.75, 3.05) is 0 Å². The Balaban J connectivity index is 1.65. The molecule has 31 heavy (non-hydrogen) atoms. The summed E-state index contributed by atoms with van der Waals surface area (Å²) >= 11 is 5.70. The third kappa shape index (κ3) is 2.32. The topological polar surface area (TPSA) is 0 Å². The molecule has 2 heteroatoms. The van der Waals surface area contributed by atoms with E-state index in [0.29, 0.717) is 5.92 Å². The van der Waals surface area contributed by atoms with E-state index in [1.807, 2.05) is 11.8 Å².